The van der Waals surface area contributed by atoms with Gasteiger partial charge in [0.05, 0.1) is 43.8 Å². The number of aromatic amines is 1. The molecule has 4 aliphatic heterocycles. The molecule has 30 heteroatoms. The van der Waals surface area contributed by atoms with Crippen LogP contribution < -0.4 is 53.0 Å². The number of primary amides is 1. The summed E-state index contributed by atoms with van der Waals surface area (Å²) in [7, 11) is 0. The summed E-state index contributed by atoms with van der Waals surface area (Å²) in [6, 6.07) is -6.16. The molecule has 2 bridgehead atoms. The number of benzene rings is 1. The summed E-state index contributed by atoms with van der Waals surface area (Å²) in [6.45, 7) is 2.01. The van der Waals surface area contributed by atoms with Crippen molar-refractivity contribution >= 4 is 93.2 Å². The minimum absolute atomic E-state index is 0.0205. The van der Waals surface area contributed by atoms with E-state index in [9.17, 15) is 77.4 Å². The van der Waals surface area contributed by atoms with E-state index in [1.54, 1.807) is 13.8 Å². The number of hydrogen-bond acceptors (Lipinski definition) is 17. The molecule has 1 aromatic carbocycles. The van der Waals surface area contributed by atoms with Gasteiger partial charge in [-0.2, -0.15) is 0 Å². The highest BCUT2D eigenvalue weighted by molar-refractivity contribution is 7.91. The molecule has 1 aromatic heterocycles. The average molecular weight is 1140 g/mol. The van der Waals surface area contributed by atoms with Crippen LogP contribution in [0.5, 0.6) is 5.75 Å². The van der Waals surface area contributed by atoms with E-state index < -0.39 is 182 Å². The summed E-state index contributed by atoms with van der Waals surface area (Å²) in [5.74, 6) is -13.1. The van der Waals surface area contributed by atoms with E-state index in [-0.39, 0.29) is 52.1 Å². The second kappa shape index (κ2) is 28.0. The lowest BCUT2D eigenvalue weighted by Gasteiger charge is -2.32. The number of aromatic nitrogens is 1. The number of carbonyl (C=O) groups excluding carboxylic acids is 12. The Balaban J connectivity index is 1.41. The van der Waals surface area contributed by atoms with Crippen molar-refractivity contribution in [1.29, 1.82) is 0 Å². The van der Waals surface area contributed by atoms with Crippen LogP contribution in [0, 0.1) is 11.8 Å². The van der Waals surface area contributed by atoms with Crippen LogP contribution in [0.15, 0.2) is 35.4 Å². The van der Waals surface area contributed by atoms with Crippen LogP contribution in [0.4, 0.5) is 4.79 Å². The number of imide groups is 1. The van der Waals surface area contributed by atoms with Gasteiger partial charge in [-0.1, -0.05) is 40.0 Å². The van der Waals surface area contributed by atoms with Gasteiger partial charge in [0, 0.05) is 78.7 Å². The number of rotatable bonds is 15. The molecule has 12 amide bonds. The van der Waals surface area contributed by atoms with E-state index in [0.29, 0.717) is 32.1 Å². The fourth-order valence-corrected chi connectivity index (χ4v) is 10.9. The largest absolute Gasteiger partial charge is 0.610 e. The molecule has 80 heavy (non-hydrogen) atoms. The molecule has 29 nitrogen and oxygen atoms in total. The van der Waals surface area contributed by atoms with E-state index in [4.69, 9.17) is 10.5 Å². The number of hydrogen-bond donors (Lipinski definition) is 13. The van der Waals surface area contributed by atoms with Crippen molar-refractivity contribution in [1.82, 2.24) is 57.3 Å². The molecule has 11 atom stereocenters. The monoisotopic (exact) mass is 1140 g/mol. The predicted molar refractivity (Wildman–Crippen MR) is 279 cm³/mol. The summed E-state index contributed by atoms with van der Waals surface area (Å²) < 4.78 is 20.5. The van der Waals surface area contributed by atoms with Crippen LogP contribution in [0.3, 0.4) is 0 Å². The van der Waals surface area contributed by atoms with Crippen LogP contribution in [-0.4, -0.2) is 199 Å². The molecular formula is C50H68N12O17S. The molecule has 1 unspecified atom stereocenters. The van der Waals surface area contributed by atoms with Crippen molar-refractivity contribution in [3.63, 3.8) is 0 Å². The Morgan fingerprint density at radius 3 is 2.19 bits per heavy atom. The summed E-state index contributed by atoms with van der Waals surface area (Å²) >= 11 is -2.48. The van der Waals surface area contributed by atoms with Gasteiger partial charge in [0.25, 0.3) is 11.8 Å². The summed E-state index contributed by atoms with van der Waals surface area (Å²) in [4.78, 5) is 167. The van der Waals surface area contributed by atoms with Crippen molar-refractivity contribution in [2.45, 2.75) is 126 Å². The Morgan fingerprint density at radius 2 is 1.51 bits per heavy atom. The first-order valence-electron chi connectivity index (χ1n) is 26.1. The zero-order valence-electron chi connectivity index (χ0n) is 44.2. The normalized spacial score (nSPS) is 25.9. The number of nitrogens with one attached hydrogen (secondary N) is 9. The van der Waals surface area contributed by atoms with E-state index in [1.165, 1.54) is 37.3 Å². The second-order valence-electron chi connectivity index (χ2n) is 20.0. The summed E-state index contributed by atoms with van der Waals surface area (Å²) in [6.07, 6.45) is -0.745. The van der Waals surface area contributed by atoms with Gasteiger partial charge in [-0.05, 0) is 30.9 Å². The lowest BCUT2D eigenvalue weighted by molar-refractivity contribution is -0.144. The van der Waals surface area contributed by atoms with E-state index in [2.05, 4.69) is 47.5 Å². The maximum absolute atomic E-state index is 15.0. The molecule has 6 rings (SSSR count). The van der Waals surface area contributed by atoms with E-state index in [0.717, 1.165) is 9.80 Å². The molecule has 0 radical (unpaired) electrons. The quantitative estimate of drug-likeness (QED) is 0.0451. The van der Waals surface area contributed by atoms with E-state index in [1.807, 2.05) is 0 Å². The highest BCUT2D eigenvalue weighted by Crippen LogP contribution is 2.32. The predicted octanol–water partition coefficient (Wildman–Crippen LogP) is -5.05. The molecule has 0 spiro atoms. The van der Waals surface area contributed by atoms with Crippen LogP contribution in [0.25, 0.3) is 10.9 Å². The highest BCUT2D eigenvalue weighted by Gasteiger charge is 2.45. The second-order valence-corrected chi connectivity index (χ2v) is 21.5. The van der Waals surface area contributed by atoms with Gasteiger partial charge in [0.2, 0.25) is 58.2 Å². The summed E-state index contributed by atoms with van der Waals surface area (Å²) in [5, 5.41) is 51.4. The minimum atomic E-state index is -2.48. The maximum atomic E-state index is 15.0. The third kappa shape index (κ3) is 15.8. The number of aliphatic hydroxyl groups is 3. The number of ether oxygens (including phenoxy) is 1. The van der Waals surface area contributed by atoms with Crippen LogP contribution in [0.2, 0.25) is 0 Å². The smallest absolute Gasteiger partial charge is 0.412 e. The zero-order valence-corrected chi connectivity index (χ0v) is 45.0. The Labute approximate surface area is 461 Å². The topological polar surface area (TPSA) is 442 Å². The van der Waals surface area contributed by atoms with Gasteiger partial charge >= 0.3 is 6.09 Å². The van der Waals surface area contributed by atoms with Crippen LogP contribution in [-0.2, 0) is 70.3 Å². The number of H-pyrrole nitrogens is 1. The van der Waals surface area contributed by atoms with Crippen molar-refractivity contribution in [3.8, 4) is 5.75 Å². The first kappa shape index (κ1) is 61.5. The minimum Gasteiger partial charge on any atom is -0.610 e. The first-order valence-corrected chi connectivity index (χ1v) is 27.4. The van der Waals surface area contributed by atoms with Crippen molar-refractivity contribution in [2.24, 2.45) is 17.6 Å². The fraction of sp³-hybridized carbons (Fsp3) is 0.560. The molecule has 436 valence electrons. The average Bonchev–Trinajstić information content (AvgIpc) is 4.13. The molecular weight excluding hydrogens is 1070 g/mol. The van der Waals surface area contributed by atoms with Gasteiger partial charge < -0.3 is 82.8 Å². The van der Waals surface area contributed by atoms with Gasteiger partial charge in [-0.25, -0.2) is 4.79 Å². The van der Waals surface area contributed by atoms with Crippen molar-refractivity contribution in [3.05, 3.63) is 35.9 Å². The Morgan fingerprint density at radius 1 is 0.838 bits per heavy atom. The van der Waals surface area contributed by atoms with E-state index >= 15 is 0 Å². The number of aliphatic hydroxyl groups excluding tert-OH is 3. The maximum Gasteiger partial charge on any atom is 0.412 e. The molecule has 1 saturated heterocycles. The Hall–Kier alpha value is -7.67. The fourth-order valence-electron chi connectivity index (χ4n) is 9.49. The standard InChI is InChI=1S/C50H68N12O17S/c1-4-24(2)41-46(74)54-19-37(67)55-33-23-80(78)48-29(28-10-9-27(16-30(28)58-48)79-50(77)52-13-7-5-6-8-14-61-39(69)11-12-40(61)70)17-31(43(71)53-20-38(68)59-41)56-47(75)42(25(3)35(65)22-63)60-45(73)34-15-26(64)21-62(34)49(76)32(18-36(51)66)57-44(33)72/h9-12,16,24-26,31-35,41-42,58,63-65H,4-8,13-15,17-23H2,1-3H3,(H2,51,66)(H,52,77)(H,53,71)(H,54,74)(H,55,67)(H,56,75)(H,57,72)(H,59,68)(H,60,73)/t24-,25-,26+,31+,32-,33-,34-,35-,41-,42-,80?/m0/s1. The lowest BCUT2D eigenvalue weighted by atomic mass is 9.93. The molecule has 5 heterocycles. The van der Waals surface area contributed by atoms with Gasteiger partial charge in [0.1, 0.15) is 41.7 Å². The van der Waals surface area contributed by atoms with Gasteiger partial charge in [-0.3, -0.25) is 57.6 Å². The Kier molecular flexibility index (Phi) is 21.5. The number of unbranched alkanes of at least 4 members (excludes halogenated alkanes) is 3. The lowest BCUT2D eigenvalue weighted by Crippen LogP contribution is -2.62. The molecule has 0 saturated carbocycles. The number of carbonyl (C=O) groups is 12. The molecule has 1 fully saturated rings. The number of nitrogens with zero attached hydrogens (tertiary/aromatic N) is 2. The first-order chi connectivity index (χ1) is 38.0. The highest BCUT2D eigenvalue weighted by atomic mass is 32.2. The third-order valence-corrected chi connectivity index (χ3v) is 15.6. The van der Waals surface area contributed by atoms with Crippen LogP contribution in [0.1, 0.15) is 71.3 Å². The Bertz CT molecular complexity index is 2740. The molecule has 0 aliphatic carbocycles. The molecule has 4 aliphatic rings. The summed E-state index contributed by atoms with van der Waals surface area (Å²) in [5.41, 5.74) is 5.67. The van der Waals surface area contributed by atoms with Crippen molar-refractivity contribution in [2.75, 3.05) is 45.1 Å². The zero-order chi connectivity index (χ0) is 58.5. The SMILES string of the molecule is CC[C@H](C)[C@@H]1NC(=O)CNC(=O)[C@H]2Cc3c([nH]c4cc(OC(=O)NCCCCCCN5C(=O)C=CC5=O)ccc34)[S+]([O-])C[C@H](NC(=O)CNC1=O)C(=O)N[C@@H](CC(N)=O)C(=O)N1C[C@H](O)C[C@H]1C(=O)N[C@@H]([C@@H](C)[C@@H](O)CO)C(=O)N2. The van der Waals surface area contributed by atoms with Crippen LogP contribution >= 0.6 is 0 Å². The molecule has 14 N–H and O–H groups in total. The number of nitrogens with two attached hydrogens (primary N) is 1. The van der Waals surface area contributed by atoms with Gasteiger partial charge in [-0.15, -0.1) is 0 Å². The molecule has 2 aromatic rings. The third-order valence-electron chi connectivity index (χ3n) is 14.2. The number of fused-ring (bicyclic) bond motifs is 5. The van der Waals surface area contributed by atoms with Crippen molar-refractivity contribution < 1.29 is 82.1 Å². The number of amides is 12. The van der Waals surface area contributed by atoms with Gasteiger partial charge in [0.15, 0.2) is 6.04 Å².